The van der Waals surface area contributed by atoms with E-state index in [9.17, 15) is 10.1 Å². The maximum Gasteiger partial charge on any atom is 0.310 e. The van der Waals surface area contributed by atoms with Crippen molar-refractivity contribution >= 4 is 17.0 Å². The molecule has 2 aromatic rings. The molecule has 5 nitrogen and oxygen atoms in total. The standard InChI is InChI=1S/C16H18N2O3S/c19-18(20)15-4-1-2-6-16(15)21-10-9-17-8-3-5-14(17)13-7-11-22-12-13/h1-2,4,6-7,11-12,14H,3,5,8-10H2. The molecule has 1 aromatic heterocycles. The fourth-order valence-electron chi connectivity index (χ4n) is 2.94. The van der Waals surface area contributed by atoms with Gasteiger partial charge in [-0.15, -0.1) is 0 Å². The number of rotatable bonds is 6. The van der Waals surface area contributed by atoms with Gasteiger partial charge in [0.2, 0.25) is 0 Å². The van der Waals surface area contributed by atoms with Gasteiger partial charge in [-0.3, -0.25) is 15.0 Å². The summed E-state index contributed by atoms with van der Waals surface area (Å²) in [5.74, 6) is 0.346. The van der Waals surface area contributed by atoms with Gasteiger partial charge < -0.3 is 4.74 Å². The highest BCUT2D eigenvalue weighted by Gasteiger charge is 2.26. The predicted octanol–water partition coefficient (Wildman–Crippen LogP) is 3.87. The Morgan fingerprint density at radius 1 is 1.36 bits per heavy atom. The molecule has 1 aliphatic rings. The summed E-state index contributed by atoms with van der Waals surface area (Å²) in [7, 11) is 0. The summed E-state index contributed by atoms with van der Waals surface area (Å²) in [6.07, 6.45) is 2.36. The largest absolute Gasteiger partial charge is 0.485 e. The summed E-state index contributed by atoms with van der Waals surface area (Å²) >= 11 is 1.72. The minimum absolute atomic E-state index is 0.0262. The number of nitro benzene ring substituents is 1. The van der Waals surface area contributed by atoms with Crippen LogP contribution in [0.5, 0.6) is 5.75 Å². The number of para-hydroxylation sites is 2. The minimum atomic E-state index is -0.403. The van der Waals surface area contributed by atoms with Crippen molar-refractivity contribution in [3.63, 3.8) is 0 Å². The lowest BCUT2D eigenvalue weighted by Crippen LogP contribution is -2.28. The number of hydrogen-bond donors (Lipinski definition) is 0. The molecule has 1 unspecified atom stereocenters. The third-order valence-electron chi connectivity index (χ3n) is 3.99. The molecule has 1 aliphatic heterocycles. The van der Waals surface area contributed by atoms with Gasteiger partial charge in [-0.25, -0.2) is 0 Å². The van der Waals surface area contributed by atoms with E-state index in [4.69, 9.17) is 4.74 Å². The van der Waals surface area contributed by atoms with Crippen LogP contribution >= 0.6 is 11.3 Å². The number of nitro groups is 1. The molecule has 1 fully saturated rings. The summed E-state index contributed by atoms with van der Waals surface area (Å²) in [6, 6.07) is 9.17. The molecule has 0 bridgehead atoms. The molecule has 0 spiro atoms. The first kappa shape index (κ1) is 15.0. The number of thiophene rings is 1. The van der Waals surface area contributed by atoms with Gasteiger partial charge in [0.1, 0.15) is 6.61 Å². The molecule has 2 heterocycles. The van der Waals surface area contributed by atoms with E-state index in [0.29, 0.717) is 18.4 Å². The van der Waals surface area contributed by atoms with Gasteiger partial charge in [0.05, 0.1) is 4.92 Å². The van der Waals surface area contributed by atoms with Gasteiger partial charge in [-0.2, -0.15) is 11.3 Å². The third kappa shape index (κ3) is 3.28. The van der Waals surface area contributed by atoms with Crippen LogP contribution in [-0.4, -0.2) is 29.5 Å². The highest BCUT2D eigenvalue weighted by Crippen LogP contribution is 2.33. The summed E-state index contributed by atoms with van der Waals surface area (Å²) in [4.78, 5) is 13.0. The Morgan fingerprint density at radius 2 is 2.23 bits per heavy atom. The van der Waals surface area contributed by atoms with Crippen molar-refractivity contribution in [3.8, 4) is 5.75 Å². The lowest BCUT2D eigenvalue weighted by atomic mass is 10.1. The van der Waals surface area contributed by atoms with E-state index in [1.54, 1.807) is 29.5 Å². The van der Waals surface area contributed by atoms with E-state index in [2.05, 4.69) is 21.7 Å². The highest BCUT2D eigenvalue weighted by atomic mass is 32.1. The smallest absolute Gasteiger partial charge is 0.310 e. The summed E-state index contributed by atoms with van der Waals surface area (Å²) in [6.45, 7) is 2.30. The van der Waals surface area contributed by atoms with Crippen molar-refractivity contribution in [1.29, 1.82) is 0 Å². The van der Waals surface area contributed by atoms with E-state index >= 15 is 0 Å². The quantitative estimate of drug-likeness (QED) is 0.599. The van der Waals surface area contributed by atoms with Crippen LogP contribution < -0.4 is 4.74 Å². The molecule has 22 heavy (non-hydrogen) atoms. The summed E-state index contributed by atoms with van der Waals surface area (Å²) < 4.78 is 5.65. The van der Waals surface area contributed by atoms with Gasteiger partial charge in [0.15, 0.2) is 5.75 Å². The zero-order chi connectivity index (χ0) is 15.4. The first-order valence-corrected chi connectivity index (χ1v) is 8.32. The van der Waals surface area contributed by atoms with Crippen LogP contribution in [0, 0.1) is 10.1 Å². The first-order chi connectivity index (χ1) is 10.8. The molecule has 1 aromatic carbocycles. The monoisotopic (exact) mass is 318 g/mol. The molecule has 0 amide bonds. The van der Waals surface area contributed by atoms with Crippen molar-refractivity contribution in [2.45, 2.75) is 18.9 Å². The Hall–Kier alpha value is -1.92. The Morgan fingerprint density at radius 3 is 3.00 bits per heavy atom. The van der Waals surface area contributed by atoms with E-state index in [0.717, 1.165) is 13.1 Å². The Labute approximate surface area is 133 Å². The summed E-state index contributed by atoms with van der Waals surface area (Å²) in [5.41, 5.74) is 1.39. The molecule has 0 N–H and O–H groups in total. The van der Waals surface area contributed by atoms with Gasteiger partial charge in [0.25, 0.3) is 0 Å². The summed E-state index contributed by atoms with van der Waals surface area (Å²) in [5, 5.41) is 15.3. The third-order valence-corrected chi connectivity index (χ3v) is 4.69. The van der Waals surface area contributed by atoms with Crippen molar-refractivity contribution < 1.29 is 9.66 Å². The van der Waals surface area contributed by atoms with E-state index < -0.39 is 4.92 Å². The molecule has 3 rings (SSSR count). The van der Waals surface area contributed by atoms with Crippen LogP contribution in [0.25, 0.3) is 0 Å². The highest BCUT2D eigenvalue weighted by molar-refractivity contribution is 7.07. The SMILES string of the molecule is O=[N+]([O-])c1ccccc1OCCN1CCCC1c1ccsc1. The van der Waals surface area contributed by atoms with Crippen molar-refractivity contribution in [2.75, 3.05) is 19.7 Å². The zero-order valence-corrected chi connectivity index (χ0v) is 13.0. The van der Waals surface area contributed by atoms with Crippen molar-refractivity contribution in [2.24, 2.45) is 0 Å². The Balaban J connectivity index is 1.58. The van der Waals surface area contributed by atoms with Crippen LogP contribution in [0.3, 0.4) is 0 Å². The van der Waals surface area contributed by atoms with Crippen LogP contribution in [0.15, 0.2) is 41.1 Å². The Bertz CT molecular complexity index is 630. The van der Waals surface area contributed by atoms with E-state index in [-0.39, 0.29) is 5.69 Å². The van der Waals surface area contributed by atoms with Crippen LogP contribution in [0.2, 0.25) is 0 Å². The Kier molecular flexibility index (Phi) is 4.70. The molecular weight excluding hydrogens is 300 g/mol. The first-order valence-electron chi connectivity index (χ1n) is 7.38. The fraction of sp³-hybridized carbons (Fsp3) is 0.375. The van der Waals surface area contributed by atoms with Gasteiger partial charge in [-0.05, 0) is 47.8 Å². The molecule has 1 saturated heterocycles. The zero-order valence-electron chi connectivity index (χ0n) is 12.2. The number of nitrogens with zero attached hydrogens (tertiary/aromatic N) is 2. The number of benzene rings is 1. The van der Waals surface area contributed by atoms with Gasteiger partial charge >= 0.3 is 5.69 Å². The minimum Gasteiger partial charge on any atom is -0.485 e. The van der Waals surface area contributed by atoms with Crippen LogP contribution in [-0.2, 0) is 0 Å². The van der Waals surface area contributed by atoms with Crippen molar-refractivity contribution in [1.82, 2.24) is 4.90 Å². The lowest BCUT2D eigenvalue weighted by Gasteiger charge is -2.23. The average molecular weight is 318 g/mol. The second-order valence-corrected chi connectivity index (χ2v) is 6.10. The molecule has 1 atom stereocenters. The number of hydrogen-bond acceptors (Lipinski definition) is 5. The molecule has 0 aliphatic carbocycles. The maximum atomic E-state index is 11.0. The van der Waals surface area contributed by atoms with Crippen LogP contribution in [0.1, 0.15) is 24.4 Å². The van der Waals surface area contributed by atoms with E-state index in [1.165, 1.54) is 24.5 Å². The second kappa shape index (κ2) is 6.89. The van der Waals surface area contributed by atoms with Gasteiger partial charge in [-0.1, -0.05) is 12.1 Å². The van der Waals surface area contributed by atoms with E-state index in [1.807, 2.05) is 0 Å². The lowest BCUT2D eigenvalue weighted by molar-refractivity contribution is -0.385. The maximum absolute atomic E-state index is 11.0. The number of likely N-dealkylation sites (tertiary alicyclic amines) is 1. The molecule has 116 valence electrons. The average Bonchev–Trinajstić information content (AvgIpc) is 3.18. The van der Waals surface area contributed by atoms with Crippen molar-refractivity contribution in [3.05, 3.63) is 56.8 Å². The molecular formula is C16H18N2O3S. The number of ether oxygens (including phenoxy) is 1. The second-order valence-electron chi connectivity index (χ2n) is 5.32. The fourth-order valence-corrected chi connectivity index (χ4v) is 3.65. The normalized spacial score (nSPS) is 18.5. The molecule has 0 radical (unpaired) electrons. The molecule has 6 heteroatoms. The molecule has 0 saturated carbocycles. The van der Waals surface area contributed by atoms with Gasteiger partial charge in [0, 0.05) is 18.7 Å². The van der Waals surface area contributed by atoms with Crippen LogP contribution in [0.4, 0.5) is 5.69 Å². The topological polar surface area (TPSA) is 55.6 Å². The predicted molar refractivity (Wildman–Crippen MR) is 86.5 cm³/mol.